The zero-order valence-corrected chi connectivity index (χ0v) is 17.0. The van der Waals surface area contributed by atoms with Crippen LogP contribution in [0.3, 0.4) is 0 Å². The molecule has 4 aliphatic carbocycles. The van der Waals surface area contributed by atoms with E-state index in [9.17, 15) is 19.2 Å². The van der Waals surface area contributed by atoms with Gasteiger partial charge in [0.2, 0.25) is 23.6 Å². The molecule has 8 nitrogen and oxygen atoms in total. The molecule has 162 valence electrons. The first-order valence-electron chi connectivity index (χ1n) is 11.0. The first-order chi connectivity index (χ1) is 15.6. The SMILES string of the molecule is O=C1[C@H]2[C@@H]3C=C[C@@H]([C@@H]2C(=O)N1Cc1ccco1)[C@H]1[C@H]2C(=O)N(Cc4ccco4)C(=O)[C@@H]2[C@H]31. The fourth-order valence-electron chi connectivity index (χ4n) is 7.15. The second kappa shape index (κ2) is 6.09. The summed E-state index contributed by atoms with van der Waals surface area (Å²) in [5.74, 6) is -1.92. The second-order valence-electron chi connectivity index (χ2n) is 9.48. The summed E-state index contributed by atoms with van der Waals surface area (Å²) in [6, 6.07) is 6.94. The van der Waals surface area contributed by atoms with Gasteiger partial charge in [0.15, 0.2) is 0 Å². The molecular weight excluding hydrogens is 412 g/mol. The molecule has 6 aliphatic rings. The average molecular weight is 432 g/mol. The van der Waals surface area contributed by atoms with E-state index in [-0.39, 0.29) is 60.4 Å². The summed E-state index contributed by atoms with van der Waals surface area (Å²) in [5, 5.41) is 0. The number of imide groups is 2. The molecule has 0 spiro atoms. The zero-order valence-electron chi connectivity index (χ0n) is 17.0. The normalized spacial score (nSPS) is 38.9. The van der Waals surface area contributed by atoms with Gasteiger partial charge in [-0.25, -0.2) is 0 Å². The van der Waals surface area contributed by atoms with E-state index in [0.717, 1.165) is 0 Å². The number of carbonyl (C=O) groups is 4. The van der Waals surface area contributed by atoms with Crippen LogP contribution in [0, 0.1) is 47.3 Å². The predicted molar refractivity (Wildman–Crippen MR) is 106 cm³/mol. The van der Waals surface area contributed by atoms with E-state index < -0.39 is 23.7 Å². The van der Waals surface area contributed by atoms with Gasteiger partial charge in [-0.15, -0.1) is 0 Å². The second-order valence-corrected chi connectivity index (χ2v) is 9.48. The van der Waals surface area contributed by atoms with Crippen LogP contribution in [0.15, 0.2) is 57.8 Å². The Labute approximate surface area is 182 Å². The molecule has 2 saturated carbocycles. The molecule has 4 amide bonds. The minimum Gasteiger partial charge on any atom is -0.467 e. The Morgan fingerprint density at radius 2 is 1.03 bits per heavy atom. The number of hydrogen-bond donors (Lipinski definition) is 0. The number of fused-ring (bicyclic) bond motifs is 1. The third-order valence-electron chi connectivity index (χ3n) is 8.31. The number of likely N-dealkylation sites (tertiary alicyclic amines) is 2. The summed E-state index contributed by atoms with van der Waals surface area (Å²) < 4.78 is 10.7. The summed E-state index contributed by atoms with van der Waals surface area (Å²) in [4.78, 5) is 55.6. The number of allylic oxidation sites excluding steroid dienone is 2. The van der Waals surface area contributed by atoms with Crippen LogP contribution in [0.4, 0.5) is 0 Å². The van der Waals surface area contributed by atoms with Crippen LogP contribution >= 0.6 is 0 Å². The number of hydrogen-bond acceptors (Lipinski definition) is 6. The molecule has 2 saturated heterocycles. The average Bonchev–Trinajstić information content (AvgIpc) is 3.54. The lowest BCUT2D eigenvalue weighted by Gasteiger charge is -2.60. The quantitative estimate of drug-likeness (QED) is 0.540. The highest BCUT2D eigenvalue weighted by Crippen LogP contribution is 2.68. The Kier molecular flexibility index (Phi) is 3.46. The van der Waals surface area contributed by atoms with E-state index in [2.05, 4.69) is 0 Å². The minimum atomic E-state index is -0.461. The summed E-state index contributed by atoms with van der Waals surface area (Å²) in [6.45, 7) is 0.246. The van der Waals surface area contributed by atoms with Crippen molar-refractivity contribution in [1.29, 1.82) is 0 Å². The molecule has 0 unspecified atom stereocenters. The maximum atomic E-state index is 13.3. The predicted octanol–water partition coefficient (Wildman–Crippen LogP) is 1.84. The van der Waals surface area contributed by atoms with Gasteiger partial charge in [0.1, 0.15) is 11.5 Å². The van der Waals surface area contributed by atoms with Crippen molar-refractivity contribution in [1.82, 2.24) is 9.80 Å². The molecule has 4 fully saturated rings. The molecule has 0 aromatic carbocycles. The molecule has 32 heavy (non-hydrogen) atoms. The molecule has 2 aromatic heterocycles. The molecule has 8 atom stereocenters. The van der Waals surface area contributed by atoms with Gasteiger partial charge < -0.3 is 8.83 Å². The van der Waals surface area contributed by atoms with Crippen LogP contribution in [-0.2, 0) is 32.3 Å². The van der Waals surface area contributed by atoms with E-state index >= 15 is 0 Å². The first kappa shape index (κ1) is 18.2. The highest BCUT2D eigenvalue weighted by Gasteiger charge is 2.74. The zero-order chi connectivity index (χ0) is 21.7. The van der Waals surface area contributed by atoms with Gasteiger partial charge in [-0.2, -0.15) is 0 Å². The molecule has 2 aliphatic heterocycles. The third kappa shape index (κ3) is 2.07. The highest BCUT2D eigenvalue weighted by atomic mass is 16.3. The van der Waals surface area contributed by atoms with Crippen molar-refractivity contribution >= 4 is 23.6 Å². The standard InChI is InChI=1S/C24H20N2O6/c27-21-17-13-5-6-14(18(17)22(28)25(21)9-11-3-1-7-31-11)16-15(13)19-20(16)24(30)26(23(19)29)10-12-4-2-8-32-12/h1-8,13-20H,9-10H2/t13-,14-,15-,16-,17+,18+,19-,20-/m1/s1. The lowest BCUT2D eigenvalue weighted by atomic mass is 9.40. The van der Waals surface area contributed by atoms with Crippen molar-refractivity contribution in [2.75, 3.05) is 0 Å². The Morgan fingerprint density at radius 1 is 0.625 bits per heavy atom. The van der Waals surface area contributed by atoms with E-state index in [4.69, 9.17) is 8.83 Å². The molecule has 4 heterocycles. The molecule has 0 N–H and O–H groups in total. The number of nitrogens with zero attached hydrogens (tertiary/aromatic N) is 2. The fourth-order valence-corrected chi connectivity index (χ4v) is 7.15. The third-order valence-corrected chi connectivity index (χ3v) is 8.31. The fraction of sp³-hybridized carbons (Fsp3) is 0.417. The first-order valence-corrected chi connectivity index (χ1v) is 11.0. The highest BCUT2D eigenvalue weighted by molar-refractivity contribution is 6.09. The van der Waals surface area contributed by atoms with Gasteiger partial charge >= 0.3 is 0 Å². The van der Waals surface area contributed by atoms with E-state index in [1.807, 2.05) is 12.2 Å². The Hall–Kier alpha value is -3.42. The van der Waals surface area contributed by atoms with E-state index in [1.54, 1.807) is 24.3 Å². The van der Waals surface area contributed by atoms with Crippen molar-refractivity contribution < 1.29 is 28.0 Å². The van der Waals surface area contributed by atoms with Crippen LogP contribution in [0.25, 0.3) is 0 Å². The lowest BCUT2D eigenvalue weighted by Crippen LogP contribution is -2.63. The van der Waals surface area contributed by atoms with Crippen molar-refractivity contribution in [3.05, 3.63) is 60.5 Å². The number of furan rings is 2. The maximum Gasteiger partial charge on any atom is 0.234 e. The largest absolute Gasteiger partial charge is 0.467 e. The summed E-state index contributed by atoms with van der Waals surface area (Å²) in [5.41, 5.74) is 0. The molecule has 2 aromatic rings. The van der Waals surface area contributed by atoms with Crippen molar-refractivity contribution in [3.63, 3.8) is 0 Å². The van der Waals surface area contributed by atoms with Crippen LogP contribution in [-0.4, -0.2) is 33.4 Å². The van der Waals surface area contributed by atoms with Crippen LogP contribution in [0.1, 0.15) is 11.5 Å². The van der Waals surface area contributed by atoms with Crippen molar-refractivity contribution in [2.24, 2.45) is 47.3 Å². The minimum absolute atomic E-state index is 0.0744. The monoisotopic (exact) mass is 432 g/mol. The summed E-state index contributed by atoms with van der Waals surface area (Å²) in [6.07, 6.45) is 7.06. The topological polar surface area (TPSA) is 101 Å². The van der Waals surface area contributed by atoms with Gasteiger partial charge in [-0.1, -0.05) is 12.2 Å². The summed E-state index contributed by atoms with van der Waals surface area (Å²) >= 11 is 0. The van der Waals surface area contributed by atoms with E-state index in [0.29, 0.717) is 11.5 Å². The molecule has 0 radical (unpaired) electrons. The lowest BCUT2D eigenvalue weighted by molar-refractivity contribution is -0.166. The molecule has 8 rings (SSSR count). The van der Waals surface area contributed by atoms with Gasteiger partial charge in [0.25, 0.3) is 0 Å². The van der Waals surface area contributed by atoms with Gasteiger partial charge in [0.05, 0.1) is 49.3 Å². The van der Waals surface area contributed by atoms with Crippen molar-refractivity contribution in [2.45, 2.75) is 13.1 Å². The van der Waals surface area contributed by atoms with Gasteiger partial charge in [-0.05, 0) is 47.9 Å². The molecule has 8 heteroatoms. The summed E-state index contributed by atoms with van der Waals surface area (Å²) in [7, 11) is 0. The number of rotatable bonds is 4. The Bertz CT molecular complexity index is 1130. The van der Waals surface area contributed by atoms with Crippen LogP contribution in [0.5, 0.6) is 0 Å². The Morgan fingerprint density at radius 3 is 1.41 bits per heavy atom. The smallest absolute Gasteiger partial charge is 0.234 e. The van der Waals surface area contributed by atoms with E-state index in [1.165, 1.54) is 22.3 Å². The van der Waals surface area contributed by atoms with Crippen molar-refractivity contribution in [3.8, 4) is 0 Å². The van der Waals surface area contributed by atoms with Gasteiger partial charge in [-0.3, -0.25) is 29.0 Å². The Balaban J connectivity index is 1.20. The molecule has 2 bridgehead atoms. The number of amides is 4. The van der Waals surface area contributed by atoms with Gasteiger partial charge in [0, 0.05) is 0 Å². The molecular formula is C24H20N2O6. The maximum absolute atomic E-state index is 13.3. The number of carbonyl (C=O) groups excluding carboxylic acids is 4. The van der Waals surface area contributed by atoms with Crippen LogP contribution < -0.4 is 0 Å². The van der Waals surface area contributed by atoms with Crippen LogP contribution in [0.2, 0.25) is 0 Å².